The van der Waals surface area contributed by atoms with Crippen LogP contribution in [0.25, 0.3) is 0 Å². The molecule has 0 aliphatic carbocycles. The van der Waals surface area contributed by atoms with E-state index in [1.807, 2.05) is 0 Å². The highest BCUT2D eigenvalue weighted by Gasteiger charge is 2.25. The van der Waals surface area contributed by atoms with Crippen molar-refractivity contribution in [2.45, 2.75) is 45.7 Å². The van der Waals surface area contributed by atoms with E-state index < -0.39 is 0 Å². The Morgan fingerprint density at radius 3 is 2.60 bits per heavy atom. The van der Waals surface area contributed by atoms with Gasteiger partial charge in [0.05, 0.1) is 6.54 Å². The van der Waals surface area contributed by atoms with Gasteiger partial charge in [-0.25, -0.2) is 0 Å². The minimum Gasteiger partial charge on any atom is -0.353 e. The zero-order valence-electron chi connectivity index (χ0n) is 13.6. The minimum absolute atomic E-state index is 0.129. The Morgan fingerprint density at radius 1 is 1.30 bits per heavy atom. The summed E-state index contributed by atoms with van der Waals surface area (Å²) in [5, 5.41) is 3.10. The second-order valence-electron chi connectivity index (χ2n) is 6.56. The van der Waals surface area contributed by atoms with Gasteiger partial charge in [0, 0.05) is 38.3 Å². The third-order valence-electron chi connectivity index (χ3n) is 4.01. The highest BCUT2D eigenvalue weighted by molar-refractivity contribution is 5.78. The fraction of sp³-hybridized carbons (Fsp3) is 0.933. The number of piperazine rings is 1. The quantitative estimate of drug-likeness (QED) is 0.715. The molecule has 118 valence electrons. The van der Waals surface area contributed by atoms with Crippen LogP contribution in [0, 0.1) is 5.92 Å². The molecule has 0 saturated carbocycles. The fourth-order valence-electron chi connectivity index (χ4n) is 2.64. The van der Waals surface area contributed by atoms with Crippen LogP contribution >= 0.6 is 0 Å². The molecular weight excluding hydrogens is 252 g/mol. The molecule has 1 heterocycles. The zero-order chi connectivity index (χ0) is 15.1. The monoisotopic (exact) mass is 284 g/mol. The lowest BCUT2D eigenvalue weighted by Crippen LogP contribution is -2.57. The van der Waals surface area contributed by atoms with E-state index in [2.05, 4.69) is 42.9 Å². The maximum absolute atomic E-state index is 12.1. The number of hydrogen-bond donors (Lipinski definition) is 2. The smallest absolute Gasteiger partial charge is 0.234 e. The lowest BCUT2D eigenvalue weighted by molar-refractivity contribution is -0.124. The molecule has 0 bridgehead atoms. The highest BCUT2D eigenvalue weighted by Crippen LogP contribution is 2.08. The van der Waals surface area contributed by atoms with Gasteiger partial charge >= 0.3 is 0 Å². The van der Waals surface area contributed by atoms with Gasteiger partial charge in [0.25, 0.3) is 0 Å². The largest absolute Gasteiger partial charge is 0.353 e. The van der Waals surface area contributed by atoms with Crippen molar-refractivity contribution < 1.29 is 4.79 Å². The van der Waals surface area contributed by atoms with E-state index in [1.54, 1.807) is 0 Å². The molecule has 0 aromatic rings. The SMILES string of the molecule is CC(C)CCC(C)NC(=O)CN1CCN(C)CC1CN. The van der Waals surface area contributed by atoms with Gasteiger partial charge in [0.1, 0.15) is 0 Å². The molecule has 1 rings (SSSR count). The first-order valence-electron chi connectivity index (χ1n) is 7.84. The predicted octanol–water partition coefficient (Wildman–Crippen LogP) is 0.502. The molecule has 5 heteroatoms. The summed E-state index contributed by atoms with van der Waals surface area (Å²) in [6.07, 6.45) is 2.20. The van der Waals surface area contributed by atoms with Crippen molar-refractivity contribution in [3.63, 3.8) is 0 Å². The van der Waals surface area contributed by atoms with Gasteiger partial charge in [-0.3, -0.25) is 9.69 Å². The number of carbonyl (C=O) groups excluding carboxylic acids is 1. The molecule has 20 heavy (non-hydrogen) atoms. The van der Waals surface area contributed by atoms with Gasteiger partial charge in [-0.2, -0.15) is 0 Å². The number of carbonyl (C=O) groups is 1. The summed E-state index contributed by atoms with van der Waals surface area (Å²) in [5.74, 6) is 0.817. The summed E-state index contributed by atoms with van der Waals surface area (Å²) in [5.41, 5.74) is 5.81. The van der Waals surface area contributed by atoms with E-state index in [1.165, 1.54) is 0 Å². The van der Waals surface area contributed by atoms with Crippen LogP contribution < -0.4 is 11.1 Å². The molecule has 2 atom stereocenters. The number of rotatable bonds is 7. The maximum Gasteiger partial charge on any atom is 0.234 e. The number of hydrogen-bond acceptors (Lipinski definition) is 4. The van der Waals surface area contributed by atoms with Crippen molar-refractivity contribution in [2.75, 3.05) is 39.8 Å². The van der Waals surface area contributed by atoms with E-state index in [4.69, 9.17) is 5.73 Å². The average molecular weight is 284 g/mol. The predicted molar refractivity (Wildman–Crippen MR) is 83.6 cm³/mol. The molecule has 1 amide bonds. The summed E-state index contributed by atoms with van der Waals surface area (Å²) in [6, 6.07) is 0.555. The molecule has 0 aromatic heterocycles. The molecule has 1 saturated heterocycles. The van der Waals surface area contributed by atoms with E-state index in [0.717, 1.165) is 32.5 Å². The van der Waals surface area contributed by atoms with Crippen LogP contribution in [0.2, 0.25) is 0 Å². The lowest BCUT2D eigenvalue weighted by atomic mass is 10.0. The second-order valence-corrected chi connectivity index (χ2v) is 6.56. The highest BCUT2D eigenvalue weighted by atomic mass is 16.2. The Labute approximate surface area is 123 Å². The van der Waals surface area contributed by atoms with E-state index in [0.29, 0.717) is 25.0 Å². The van der Waals surface area contributed by atoms with E-state index in [-0.39, 0.29) is 11.9 Å². The Bertz CT molecular complexity index is 296. The lowest BCUT2D eigenvalue weighted by Gasteiger charge is -2.39. The van der Waals surface area contributed by atoms with E-state index >= 15 is 0 Å². The maximum atomic E-state index is 12.1. The van der Waals surface area contributed by atoms with Crippen molar-refractivity contribution in [2.24, 2.45) is 11.7 Å². The summed E-state index contributed by atoms with van der Waals surface area (Å²) in [4.78, 5) is 16.6. The van der Waals surface area contributed by atoms with Crippen molar-refractivity contribution in [3.8, 4) is 0 Å². The van der Waals surface area contributed by atoms with Crippen LogP contribution in [0.4, 0.5) is 0 Å². The summed E-state index contributed by atoms with van der Waals surface area (Å²) >= 11 is 0. The molecule has 2 unspecified atom stereocenters. The zero-order valence-corrected chi connectivity index (χ0v) is 13.6. The molecule has 1 aliphatic rings. The molecule has 1 fully saturated rings. The summed E-state index contributed by atoms with van der Waals surface area (Å²) in [7, 11) is 2.11. The molecule has 0 radical (unpaired) electrons. The number of nitrogens with zero attached hydrogens (tertiary/aromatic N) is 2. The van der Waals surface area contributed by atoms with Gasteiger partial charge in [-0.1, -0.05) is 13.8 Å². The minimum atomic E-state index is 0.129. The molecule has 5 nitrogen and oxygen atoms in total. The van der Waals surface area contributed by atoms with Crippen LogP contribution in [0.3, 0.4) is 0 Å². The molecule has 3 N–H and O–H groups in total. The normalized spacial score (nSPS) is 23.0. The van der Waals surface area contributed by atoms with Gasteiger partial charge in [-0.15, -0.1) is 0 Å². The van der Waals surface area contributed by atoms with Crippen LogP contribution in [-0.4, -0.2) is 67.6 Å². The fourth-order valence-corrected chi connectivity index (χ4v) is 2.64. The third kappa shape index (κ3) is 6.20. The van der Waals surface area contributed by atoms with Crippen molar-refractivity contribution in [1.29, 1.82) is 0 Å². The molecule has 0 aromatic carbocycles. The summed E-state index contributed by atoms with van der Waals surface area (Å²) < 4.78 is 0. The first-order chi connectivity index (χ1) is 9.42. The molecule has 1 aliphatic heterocycles. The van der Waals surface area contributed by atoms with Crippen molar-refractivity contribution in [3.05, 3.63) is 0 Å². The van der Waals surface area contributed by atoms with Crippen LogP contribution in [0.5, 0.6) is 0 Å². The van der Waals surface area contributed by atoms with Crippen LogP contribution in [-0.2, 0) is 4.79 Å². The number of likely N-dealkylation sites (N-methyl/N-ethyl adjacent to an activating group) is 1. The Balaban J connectivity index is 2.33. The Morgan fingerprint density at radius 2 is 2.00 bits per heavy atom. The first-order valence-corrected chi connectivity index (χ1v) is 7.84. The van der Waals surface area contributed by atoms with Crippen LogP contribution in [0.15, 0.2) is 0 Å². The molecular formula is C15H32N4O. The van der Waals surface area contributed by atoms with Gasteiger partial charge in [-0.05, 0) is 32.7 Å². The number of nitrogens with one attached hydrogen (secondary N) is 1. The van der Waals surface area contributed by atoms with Gasteiger partial charge < -0.3 is 16.0 Å². The first kappa shape index (κ1) is 17.4. The van der Waals surface area contributed by atoms with Crippen molar-refractivity contribution in [1.82, 2.24) is 15.1 Å². The topological polar surface area (TPSA) is 61.6 Å². The number of amides is 1. The van der Waals surface area contributed by atoms with Gasteiger partial charge in [0.15, 0.2) is 0 Å². The van der Waals surface area contributed by atoms with Crippen molar-refractivity contribution >= 4 is 5.91 Å². The van der Waals surface area contributed by atoms with E-state index in [9.17, 15) is 4.79 Å². The standard InChI is InChI=1S/C15H32N4O/c1-12(2)5-6-13(3)17-15(20)11-19-8-7-18(4)10-14(19)9-16/h12-14H,5-11,16H2,1-4H3,(H,17,20). The molecule has 0 spiro atoms. The summed E-state index contributed by atoms with van der Waals surface area (Å²) in [6.45, 7) is 10.5. The van der Waals surface area contributed by atoms with Gasteiger partial charge in [0.2, 0.25) is 5.91 Å². The Kier molecular flexibility index (Phi) is 7.48. The second kappa shape index (κ2) is 8.60. The number of nitrogens with two attached hydrogens (primary N) is 1. The average Bonchev–Trinajstić information content (AvgIpc) is 2.38. The Hall–Kier alpha value is -0.650. The van der Waals surface area contributed by atoms with Crippen LogP contribution in [0.1, 0.15) is 33.6 Å². The third-order valence-corrected chi connectivity index (χ3v) is 4.01.